The molecule has 0 aliphatic carbocycles. The Morgan fingerprint density at radius 3 is 2.14 bits per heavy atom. The lowest BCUT2D eigenvalue weighted by Gasteiger charge is -2.36. The third-order valence-electron chi connectivity index (χ3n) is 5.83. The molecule has 2 N–H and O–H groups in total. The molecular weight excluding hydrogens is 454 g/mol. The summed E-state index contributed by atoms with van der Waals surface area (Å²) in [6, 6.07) is 4.32. The van der Waals surface area contributed by atoms with Crippen LogP contribution in [0.1, 0.15) is 104 Å². The Kier molecular flexibility index (Phi) is 12.4. The normalized spacial score (nSPS) is 14.1. The maximum atomic E-state index is 14.1. The van der Waals surface area contributed by atoms with E-state index in [0.717, 1.165) is 29.5 Å². The van der Waals surface area contributed by atoms with E-state index in [1.165, 1.54) is 0 Å². The van der Waals surface area contributed by atoms with Crippen molar-refractivity contribution in [2.75, 3.05) is 6.54 Å². The van der Waals surface area contributed by atoms with Crippen molar-refractivity contribution in [1.29, 1.82) is 0 Å². The summed E-state index contributed by atoms with van der Waals surface area (Å²) in [5, 5.41) is 5.91. The molecule has 0 bridgehead atoms. The number of hydrogen-bond acceptors (Lipinski definition) is 4. The summed E-state index contributed by atoms with van der Waals surface area (Å²) < 4.78 is 5.44. The first-order chi connectivity index (χ1) is 16.7. The predicted molar refractivity (Wildman–Crippen MR) is 146 cm³/mol. The van der Waals surface area contributed by atoms with E-state index in [-0.39, 0.29) is 23.8 Å². The molecule has 1 aromatic rings. The highest BCUT2D eigenvalue weighted by atomic mass is 16.6. The third-order valence-corrected chi connectivity index (χ3v) is 5.83. The summed E-state index contributed by atoms with van der Waals surface area (Å²) >= 11 is 0. The van der Waals surface area contributed by atoms with Crippen LogP contribution < -0.4 is 10.6 Å². The average molecular weight is 504 g/mol. The second-order valence-corrected chi connectivity index (χ2v) is 11.3. The molecule has 0 heterocycles. The zero-order valence-corrected chi connectivity index (χ0v) is 24.2. The van der Waals surface area contributed by atoms with Gasteiger partial charge in [0.25, 0.3) is 0 Å². The number of alkyl carbamates (subject to hydrolysis) is 1. The molecule has 0 fully saturated rings. The van der Waals surface area contributed by atoms with E-state index in [9.17, 15) is 14.4 Å². The first kappa shape index (κ1) is 31.5. The minimum atomic E-state index is -0.805. The van der Waals surface area contributed by atoms with Gasteiger partial charge in [0.05, 0.1) is 0 Å². The molecule has 0 saturated carbocycles. The van der Waals surface area contributed by atoms with E-state index in [0.29, 0.717) is 19.4 Å². The molecule has 7 nitrogen and oxygen atoms in total. The SMILES string of the molecule is CCCC(C)NC(=O)C(c1ccc(C)cc1C)N(CCC)C(=O)C(CC(C)C)NC(=O)OC(C)(C)C. The second kappa shape index (κ2) is 14.2. The van der Waals surface area contributed by atoms with Gasteiger partial charge >= 0.3 is 6.09 Å². The lowest BCUT2D eigenvalue weighted by atomic mass is 9.95. The molecule has 3 atom stereocenters. The van der Waals surface area contributed by atoms with Crippen LogP contribution in [0.2, 0.25) is 0 Å². The molecule has 0 aliphatic heterocycles. The van der Waals surface area contributed by atoms with Crippen LogP contribution in [0.4, 0.5) is 4.79 Å². The summed E-state index contributed by atoms with van der Waals surface area (Å²) in [5.74, 6) is -0.333. The molecular formula is C29H49N3O4. The number of rotatable bonds is 12. The Bertz CT molecular complexity index is 876. The molecule has 1 rings (SSSR count). The van der Waals surface area contributed by atoms with E-state index < -0.39 is 23.8 Å². The van der Waals surface area contributed by atoms with Crippen LogP contribution in [-0.2, 0) is 14.3 Å². The van der Waals surface area contributed by atoms with Crippen molar-refractivity contribution in [2.24, 2.45) is 5.92 Å². The molecule has 3 unspecified atom stereocenters. The molecule has 0 aromatic heterocycles. The van der Waals surface area contributed by atoms with Crippen LogP contribution >= 0.6 is 0 Å². The Labute approximate surface area is 218 Å². The van der Waals surface area contributed by atoms with Gasteiger partial charge in [0.1, 0.15) is 17.7 Å². The van der Waals surface area contributed by atoms with E-state index in [2.05, 4.69) is 17.6 Å². The number of hydrogen-bond donors (Lipinski definition) is 2. The average Bonchev–Trinajstić information content (AvgIpc) is 2.72. The number of aryl methyl sites for hydroxylation is 2. The summed E-state index contributed by atoms with van der Waals surface area (Å²) in [5.41, 5.74) is 2.15. The summed E-state index contributed by atoms with van der Waals surface area (Å²) in [4.78, 5) is 42.0. The maximum absolute atomic E-state index is 14.1. The fourth-order valence-corrected chi connectivity index (χ4v) is 4.36. The molecule has 3 amide bonds. The van der Waals surface area contributed by atoms with Crippen molar-refractivity contribution >= 4 is 17.9 Å². The van der Waals surface area contributed by atoms with Gasteiger partial charge in [-0.3, -0.25) is 9.59 Å². The van der Waals surface area contributed by atoms with Crippen molar-refractivity contribution in [3.63, 3.8) is 0 Å². The lowest BCUT2D eigenvalue weighted by Crippen LogP contribution is -2.54. The molecule has 204 valence electrons. The van der Waals surface area contributed by atoms with Gasteiger partial charge in [-0.15, -0.1) is 0 Å². The van der Waals surface area contributed by atoms with Crippen LogP contribution in [0.3, 0.4) is 0 Å². The Balaban J connectivity index is 3.49. The lowest BCUT2D eigenvalue weighted by molar-refractivity contribution is -0.143. The van der Waals surface area contributed by atoms with Gasteiger partial charge < -0.3 is 20.3 Å². The first-order valence-corrected chi connectivity index (χ1v) is 13.4. The van der Waals surface area contributed by atoms with Crippen molar-refractivity contribution in [3.8, 4) is 0 Å². The van der Waals surface area contributed by atoms with Gasteiger partial charge in [-0.2, -0.15) is 0 Å². The minimum Gasteiger partial charge on any atom is -0.444 e. The Hall–Kier alpha value is -2.57. The highest BCUT2D eigenvalue weighted by Crippen LogP contribution is 2.28. The monoisotopic (exact) mass is 503 g/mol. The summed E-state index contributed by atoms with van der Waals surface area (Å²) in [6.07, 6.45) is 2.27. The quantitative estimate of drug-likeness (QED) is 0.376. The third kappa shape index (κ3) is 10.2. The van der Waals surface area contributed by atoms with Gasteiger partial charge in [-0.25, -0.2) is 4.79 Å². The topological polar surface area (TPSA) is 87.7 Å². The van der Waals surface area contributed by atoms with Gasteiger partial charge in [0.2, 0.25) is 11.8 Å². The van der Waals surface area contributed by atoms with Crippen LogP contribution in [0, 0.1) is 19.8 Å². The highest BCUT2D eigenvalue weighted by Gasteiger charge is 2.37. The van der Waals surface area contributed by atoms with E-state index in [1.807, 2.05) is 59.7 Å². The van der Waals surface area contributed by atoms with Crippen LogP contribution in [-0.4, -0.2) is 47.0 Å². The number of nitrogens with one attached hydrogen (secondary N) is 2. The number of carbonyl (C=O) groups excluding carboxylic acids is 3. The predicted octanol–water partition coefficient (Wildman–Crippen LogP) is 5.83. The standard InChI is InChI=1S/C29H49N3O4/c1-11-13-22(7)30-26(33)25(23-15-14-20(5)18-21(23)6)32(16-12-2)27(34)24(17-19(3)4)31-28(35)36-29(8,9)10/h14-15,18-19,22,24-25H,11-13,16-17H2,1-10H3,(H,30,33)(H,31,35). The number of nitrogens with zero attached hydrogens (tertiary/aromatic N) is 1. The van der Waals surface area contributed by atoms with Crippen molar-refractivity contribution < 1.29 is 19.1 Å². The van der Waals surface area contributed by atoms with Gasteiger partial charge in [0.15, 0.2) is 0 Å². The Morgan fingerprint density at radius 2 is 1.64 bits per heavy atom. The maximum Gasteiger partial charge on any atom is 0.408 e. The summed E-state index contributed by atoms with van der Waals surface area (Å²) in [6.45, 7) is 19.8. The molecule has 0 spiro atoms. The number of carbonyl (C=O) groups is 3. The van der Waals surface area contributed by atoms with Gasteiger partial charge in [-0.05, 0) is 77.8 Å². The van der Waals surface area contributed by atoms with Crippen LogP contribution in [0.5, 0.6) is 0 Å². The van der Waals surface area contributed by atoms with Gasteiger partial charge in [0, 0.05) is 12.6 Å². The number of benzene rings is 1. The Morgan fingerprint density at radius 1 is 1.00 bits per heavy atom. The smallest absolute Gasteiger partial charge is 0.408 e. The molecule has 36 heavy (non-hydrogen) atoms. The molecule has 0 saturated heterocycles. The van der Waals surface area contributed by atoms with Gasteiger partial charge in [-0.1, -0.05) is 57.9 Å². The van der Waals surface area contributed by atoms with Crippen molar-refractivity contribution in [2.45, 2.75) is 119 Å². The molecule has 1 aromatic carbocycles. The zero-order chi connectivity index (χ0) is 27.6. The van der Waals surface area contributed by atoms with E-state index >= 15 is 0 Å². The molecule has 7 heteroatoms. The first-order valence-electron chi connectivity index (χ1n) is 13.4. The van der Waals surface area contributed by atoms with Crippen LogP contribution in [0.25, 0.3) is 0 Å². The highest BCUT2D eigenvalue weighted by molar-refractivity contribution is 5.92. The second-order valence-electron chi connectivity index (χ2n) is 11.3. The van der Waals surface area contributed by atoms with Crippen molar-refractivity contribution in [1.82, 2.24) is 15.5 Å². The minimum absolute atomic E-state index is 0.0133. The summed E-state index contributed by atoms with van der Waals surface area (Å²) in [7, 11) is 0. The number of ether oxygens (including phenoxy) is 1. The van der Waals surface area contributed by atoms with E-state index in [4.69, 9.17) is 4.74 Å². The zero-order valence-electron chi connectivity index (χ0n) is 24.2. The van der Waals surface area contributed by atoms with Crippen LogP contribution in [0.15, 0.2) is 18.2 Å². The fraction of sp³-hybridized carbons (Fsp3) is 0.690. The fourth-order valence-electron chi connectivity index (χ4n) is 4.36. The number of amides is 3. The largest absolute Gasteiger partial charge is 0.444 e. The van der Waals surface area contributed by atoms with E-state index in [1.54, 1.807) is 25.7 Å². The molecule has 0 radical (unpaired) electrons. The van der Waals surface area contributed by atoms with Crippen molar-refractivity contribution in [3.05, 3.63) is 34.9 Å². The molecule has 0 aliphatic rings.